The van der Waals surface area contributed by atoms with E-state index in [1.807, 2.05) is 18.2 Å². The summed E-state index contributed by atoms with van der Waals surface area (Å²) in [5.41, 5.74) is 2.06. The molecule has 7 heteroatoms. The summed E-state index contributed by atoms with van der Waals surface area (Å²) >= 11 is 0. The second kappa shape index (κ2) is 6.96. The van der Waals surface area contributed by atoms with Gasteiger partial charge in [0.25, 0.3) is 11.8 Å². The van der Waals surface area contributed by atoms with Gasteiger partial charge in [0.15, 0.2) is 12.3 Å². The fourth-order valence-corrected chi connectivity index (χ4v) is 3.11. The number of amides is 2. The van der Waals surface area contributed by atoms with E-state index < -0.39 is 0 Å². The molecule has 2 amide bonds. The molecule has 4 rings (SSSR count). The van der Waals surface area contributed by atoms with E-state index in [-0.39, 0.29) is 42.1 Å². The average Bonchev–Trinajstić information content (AvgIpc) is 3.37. The summed E-state index contributed by atoms with van der Waals surface area (Å²) in [7, 11) is 0. The molecule has 0 bridgehead atoms. The number of hydrogen-bond acceptors (Lipinski definition) is 5. The molecule has 0 atom stereocenters. The predicted molar refractivity (Wildman–Crippen MR) is 103 cm³/mol. The number of benzene rings is 1. The lowest BCUT2D eigenvalue weighted by Gasteiger charge is -2.31. The van der Waals surface area contributed by atoms with E-state index in [4.69, 9.17) is 9.15 Å². The smallest absolute Gasteiger partial charge is 0.273 e. The van der Waals surface area contributed by atoms with Crippen molar-refractivity contribution in [2.75, 3.05) is 11.5 Å². The molecule has 1 aliphatic carbocycles. The Labute approximate surface area is 164 Å². The van der Waals surface area contributed by atoms with Crippen LogP contribution in [-0.2, 0) is 16.8 Å². The zero-order chi connectivity index (χ0) is 19.9. The Morgan fingerprint density at radius 3 is 2.86 bits per heavy atom. The Bertz CT molecular complexity index is 914. The molecule has 0 radical (unpaired) electrons. The van der Waals surface area contributed by atoms with Gasteiger partial charge in [0, 0.05) is 6.04 Å². The Balaban J connectivity index is 1.58. The van der Waals surface area contributed by atoms with E-state index in [0.29, 0.717) is 17.3 Å². The van der Waals surface area contributed by atoms with E-state index in [9.17, 15) is 9.59 Å². The third-order valence-electron chi connectivity index (χ3n) is 5.56. The van der Waals surface area contributed by atoms with E-state index in [2.05, 4.69) is 31.1 Å². The van der Waals surface area contributed by atoms with Gasteiger partial charge in [-0.15, -0.1) is 0 Å². The van der Waals surface area contributed by atoms with Crippen molar-refractivity contribution in [3.05, 3.63) is 41.6 Å². The van der Waals surface area contributed by atoms with Gasteiger partial charge < -0.3 is 14.5 Å². The van der Waals surface area contributed by atoms with Crippen molar-refractivity contribution >= 4 is 17.5 Å². The molecule has 2 heterocycles. The summed E-state index contributed by atoms with van der Waals surface area (Å²) in [5.74, 6) is 0.579. The van der Waals surface area contributed by atoms with Crippen LogP contribution in [0.2, 0.25) is 0 Å². The van der Waals surface area contributed by atoms with Crippen molar-refractivity contribution in [1.29, 1.82) is 0 Å². The molecule has 1 aliphatic heterocycles. The van der Waals surface area contributed by atoms with Gasteiger partial charge in [-0.25, -0.2) is 4.98 Å². The zero-order valence-electron chi connectivity index (χ0n) is 16.4. The minimum absolute atomic E-state index is 0.0157. The molecule has 0 unspecified atom stereocenters. The monoisotopic (exact) mass is 383 g/mol. The molecular weight excluding hydrogens is 358 g/mol. The van der Waals surface area contributed by atoms with E-state index in [1.165, 1.54) is 6.26 Å². The van der Waals surface area contributed by atoms with E-state index >= 15 is 0 Å². The van der Waals surface area contributed by atoms with Crippen molar-refractivity contribution < 1.29 is 18.7 Å². The number of oxazole rings is 1. The number of nitrogens with zero attached hydrogens (tertiary/aromatic N) is 2. The normalized spacial score (nSPS) is 16.5. The van der Waals surface area contributed by atoms with E-state index in [0.717, 1.165) is 24.8 Å². The number of hydrogen-bond donors (Lipinski definition) is 1. The molecule has 0 saturated heterocycles. The quantitative estimate of drug-likeness (QED) is 0.828. The third-order valence-corrected chi connectivity index (χ3v) is 5.56. The van der Waals surface area contributed by atoms with Gasteiger partial charge in [0.05, 0.1) is 5.69 Å². The second-order valence-electron chi connectivity index (χ2n) is 8.06. The molecule has 28 heavy (non-hydrogen) atoms. The molecule has 1 fully saturated rings. The number of rotatable bonds is 6. The highest BCUT2D eigenvalue weighted by Gasteiger charge is 2.30. The van der Waals surface area contributed by atoms with Gasteiger partial charge in [0.2, 0.25) is 5.89 Å². The highest BCUT2D eigenvalue weighted by Crippen LogP contribution is 2.38. The maximum atomic E-state index is 12.5. The van der Waals surface area contributed by atoms with Gasteiger partial charge in [-0.1, -0.05) is 26.8 Å². The predicted octanol–water partition coefficient (Wildman–Crippen LogP) is 3.18. The highest BCUT2D eigenvalue weighted by atomic mass is 16.5. The average molecular weight is 383 g/mol. The number of fused-ring (bicyclic) bond motifs is 1. The van der Waals surface area contributed by atoms with Crippen LogP contribution >= 0.6 is 0 Å². The Morgan fingerprint density at radius 2 is 2.14 bits per heavy atom. The molecule has 2 aliphatic rings. The first-order valence-corrected chi connectivity index (χ1v) is 9.70. The molecule has 148 valence electrons. The minimum atomic E-state index is -0.238. The molecule has 7 nitrogen and oxygen atoms in total. The molecule has 1 aromatic heterocycles. The molecule has 1 aromatic carbocycles. The van der Waals surface area contributed by atoms with Crippen molar-refractivity contribution in [2.24, 2.45) is 0 Å². The van der Waals surface area contributed by atoms with Crippen LogP contribution in [0.1, 0.15) is 62.0 Å². The molecule has 1 saturated carbocycles. The van der Waals surface area contributed by atoms with Gasteiger partial charge in [0.1, 0.15) is 18.6 Å². The van der Waals surface area contributed by atoms with Crippen LogP contribution in [0.15, 0.2) is 28.9 Å². The van der Waals surface area contributed by atoms with Crippen molar-refractivity contribution in [1.82, 2.24) is 10.3 Å². The number of ether oxygens (including phenoxy) is 1. The number of carbonyl (C=O) groups excluding carboxylic acids is 2. The fraction of sp³-hybridized carbons (Fsp3) is 0.476. The first-order valence-electron chi connectivity index (χ1n) is 9.70. The SMILES string of the molecule is CCC(C)(C)c1ccc2c(c1)N(Cc1nc(C(=O)NC3CC3)co1)C(=O)CO2. The van der Waals surface area contributed by atoms with Crippen LogP contribution in [0.25, 0.3) is 0 Å². The van der Waals surface area contributed by atoms with Gasteiger partial charge >= 0.3 is 0 Å². The maximum Gasteiger partial charge on any atom is 0.273 e. The van der Waals surface area contributed by atoms with Crippen LogP contribution in [0, 0.1) is 0 Å². The number of aromatic nitrogens is 1. The van der Waals surface area contributed by atoms with Crippen LogP contribution in [0.5, 0.6) is 5.75 Å². The topological polar surface area (TPSA) is 84.7 Å². The van der Waals surface area contributed by atoms with Crippen LogP contribution in [0.4, 0.5) is 5.69 Å². The summed E-state index contributed by atoms with van der Waals surface area (Å²) in [6, 6.07) is 6.20. The van der Waals surface area contributed by atoms with Crippen molar-refractivity contribution in [2.45, 2.75) is 58.0 Å². The number of carbonyl (C=O) groups is 2. The lowest BCUT2D eigenvalue weighted by atomic mass is 9.82. The maximum absolute atomic E-state index is 12.5. The summed E-state index contributed by atoms with van der Waals surface area (Å²) in [4.78, 5) is 30.5. The second-order valence-corrected chi connectivity index (χ2v) is 8.06. The fourth-order valence-electron chi connectivity index (χ4n) is 3.11. The highest BCUT2D eigenvalue weighted by molar-refractivity contribution is 5.98. The first-order chi connectivity index (χ1) is 13.4. The number of anilines is 1. The molecule has 2 aromatic rings. The van der Waals surface area contributed by atoms with Gasteiger partial charge in [-0.05, 0) is 42.4 Å². The first kappa shape index (κ1) is 18.5. The summed E-state index contributed by atoms with van der Waals surface area (Å²) in [6.07, 6.45) is 4.33. The minimum Gasteiger partial charge on any atom is -0.482 e. The standard InChI is InChI=1S/C21H25N3O4/c1-4-21(2,3)13-5-8-17-16(9-13)24(19(25)12-27-17)10-18-23-15(11-28-18)20(26)22-14-6-7-14/h5,8-9,11,14H,4,6-7,10,12H2,1-3H3,(H,22,26). The van der Waals surface area contributed by atoms with Crippen LogP contribution in [-0.4, -0.2) is 29.4 Å². The van der Waals surface area contributed by atoms with Crippen LogP contribution in [0.3, 0.4) is 0 Å². The summed E-state index contributed by atoms with van der Waals surface area (Å²) in [5, 5.41) is 2.88. The third kappa shape index (κ3) is 3.61. The van der Waals surface area contributed by atoms with Gasteiger partial charge in [-0.3, -0.25) is 14.5 Å². The summed E-state index contributed by atoms with van der Waals surface area (Å²) < 4.78 is 11.1. The lowest BCUT2D eigenvalue weighted by molar-refractivity contribution is -0.121. The Hall–Kier alpha value is -2.83. The zero-order valence-corrected chi connectivity index (χ0v) is 16.4. The van der Waals surface area contributed by atoms with Crippen molar-refractivity contribution in [3.63, 3.8) is 0 Å². The van der Waals surface area contributed by atoms with Crippen LogP contribution < -0.4 is 15.0 Å². The lowest BCUT2D eigenvalue weighted by Crippen LogP contribution is -2.38. The largest absolute Gasteiger partial charge is 0.482 e. The summed E-state index contributed by atoms with van der Waals surface area (Å²) in [6.45, 7) is 6.60. The van der Waals surface area contributed by atoms with Crippen molar-refractivity contribution in [3.8, 4) is 5.75 Å². The molecule has 0 spiro atoms. The Morgan fingerprint density at radius 1 is 1.36 bits per heavy atom. The van der Waals surface area contributed by atoms with E-state index in [1.54, 1.807) is 4.90 Å². The van der Waals surface area contributed by atoms with Gasteiger partial charge in [-0.2, -0.15) is 0 Å². The number of nitrogens with one attached hydrogen (secondary N) is 1. The Kier molecular flexibility index (Phi) is 4.61. The molecule has 1 N–H and O–H groups in total. The molecular formula is C21H25N3O4.